The van der Waals surface area contributed by atoms with Gasteiger partial charge < -0.3 is 25.0 Å². The minimum atomic E-state index is -0.0130. The van der Waals surface area contributed by atoms with Crippen molar-refractivity contribution in [1.29, 1.82) is 0 Å². The second kappa shape index (κ2) is 42.4. The summed E-state index contributed by atoms with van der Waals surface area (Å²) in [5.74, 6) is 2.38. The van der Waals surface area contributed by atoms with E-state index >= 15 is 0 Å². The summed E-state index contributed by atoms with van der Waals surface area (Å²) in [6, 6.07) is 0. The third-order valence-corrected chi connectivity index (χ3v) is 12.7. The van der Waals surface area contributed by atoms with Gasteiger partial charge in [0.25, 0.3) is 0 Å². The van der Waals surface area contributed by atoms with Gasteiger partial charge in [0, 0.05) is 26.4 Å². The normalized spacial score (nSPS) is 11.6. The molecular formula is C50H97N5O4S. The van der Waals surface area contributed by atoms with Crippen molar-refractivity contribution in [3.8, 4) is 0 Å². The summed E-state index contributed by atoms with van der Waals surface area (Å²) >= 11 is 1.23. The van der Waals surface area contributed by atoms with Gasteiger partial charge in [-0.15, -0.1) is 0 Å². The molecule has 0 aromatic carbocycles. The molecule has 1 heterocycles. The van der Waals surface area contributed by atoms with Crippen molar-refractivity contribution in [3.63, 3.8) is 0 Å². The Hall–Kier alpha value is -1.94. The summed E-state index contributed by atoms with van der Waals surface area (Å²) in [5.41, 5.74) is 0. The van der Waals surface area contributed by atoms with E-state index in [-0.39, 0.29) is 18.0 Å². The highest BCUT2D eigenvalue weighted by atomic mass is 32.1. The van der Waals surface area contributed by atoms with Crippen LogP contribution in [0.1, 0.15) is 246 Å². The van der Waals surface area contributed by atoms with E-state index in [0.29, 0.717) is 25.4 Å². The fourth-order valence-electron chi connectivity index (χ4n) is 8.23. The predicted molar refractivity (Wildman–Crippen MR) is 258 cm³/mol. The average molecular weight is 864 g/mol. The molecule has 10 heteroatoms. The lowest BCUT2D eigenvalue weighted by molar-refractivity contribution is -0.150. The Balaban J connectivity index is 2.37. The fraction of sp³-hybridized carbons (Fsp3) is 0.920. The van der Waals surface area contributed by atoms with Gasteiger partial charge in [-0.3, -0.25) is 9.59 Å². The van der Waals surface area contributed by atoms with Crippen molar-refractivity contribution in [2.24, 2.45) is 5.92 Å². The Kier molecular flexibility index (Phi) is 39.6. The molecule has 352 valence electrons. The molecule has 60 heavy (non-hydrogen) atoms. The van der Waals surface area contributed by atoms with Crippen molar-refractivity contribution < 1.29 is 19.1 Å². The van der Waals surface area contributed by atoms with Crippen LogP contribution in [0.2, 0.25) is 0 Å². The van der Waals surface area contributed by atoms with E-state index in [0.717, 1.165) is 89.2 Å². The molecule has 0 fully saturated rings. The van der Waals surface area contributed by atoms with E-state index in [1.54, 1.807) is 0 Å². The zero-order chi connectivity index (χ0) is 43.6. The third-order valence-electron chi connectivity index (χ3n) is 12.2. The first-order valence-electron chi connectivity index (χ1n) is 25.8. The lowest BCUT2D eigenvalue weighted by atomic mass is 9.93. The molecule has 0 unspecified atom stereocenters. The topological polar surface area (TPSA) is 106 Å². The maximum absolute atomic E-state index is 12.9. The van der Waals surface area contributed by atoms with E-state index in [1.165, 1.54) is 166 Å². The Morgan fingerprint density at radius 3 is 1.55 bits per heavy atom. The predicted octanol–water partition coefficient (Wildman–Crippen LogP) is 14.7. The summed E-state index contributed by atoms with van der Waals surface area (Å²) in [5, 5.41) is 6.56. The Labute approximate surface area is 375 Å². The van der Waals surface area contributed by atoms with Gasteiger partial charge in [-0.25, -0.2) is 0 Å². The van der Waals surface area contributed by atoms with Crippen molar-refractivity contribution in [3.05, 3.63) is 0 Å². The van der Waals surface area contributed by atoms with E-state index in [4.69, 9.17) is 9.47 Å². The molecular weight excluding hydrogens is 767 g/mol. The molecule has 0 aliphatic rings. The van der Waals surface area contributed by atoms with Gasteiger partial charge >= 0.3 is 11.9 Å². The lowest BCUT2D eigenvalue weighted by Gasteiger charge is -2.22. The first-order chi connectivity index (χ1) is 29.5. The number of carbonyl (C=O) groups is 2. The molecule has 0 spiro atoms. The number of anilines is 2. The molecule has 1 rings (SSSR count). The average Bonchev–Trinajstić information content (AvgIpc) is 3.71. The number of nitrogens with zero attached hydrogens (tertiary/aromatic N) is 3. The number of esters is 2. The van der Waals surface area contributed by atoms with Crippen LogP contribution in [0.5, 0.6) is 0 Å². The molecule has 2 N–H and O–H groups in total. The van der Waals surface area contributed by atoms with Gasteiger partial charge in [-0.1, -0.05) is 169 Å². The van der Waals surface area contributed by atoms with Gasteiger partial charge in [0.2, 0.25) is 0 Å². The maximum atomic E-state index is 12.9. The van der Waals surface area contributed by atoms with Crippen LogP contribution in [0, 0.1) is 5.92 Å². The van der Waals surface area contributed by atoms with E-state index < -0.39 is 0 Å². The standard InChI is InChI=1S/C50H97N5O4S/c1-6-10-14-16-20-26-35-46(36-27-21-17-15-11-7-2)59-48(57)38-29-23-19-25-31-42-55(43-32-40-52-50-49(51-5)53-60-54-50)41-30-24-18-22-28-37-47(56)58-44-39-45(33-12-8-3)34-13-9-4/h45-46H,6-44H2,1-5H3,(H,51,53)(H,52,54). The minimum Gasteiger partial charge on any atom is -0.466 e. The number of carbonyl (C=O) groups excluding carboxylic acids is 2. The van der Waals surface area contributed by atoms with E-state index in [9.17, 15) is 9.59 Å². The summed E-state index contributed by atoms with van der Waals surface area (Å²) < 4.78 is 20.4. The van der Waals surface area contributed by atoms with Crippen molar-refractivity contribution in [1.82, 2.24) is 13.6 Å². The molecule has 0 radical (unpaired) electrons. The molecule has 1 aromatic heterocycles. The largest absolute Gasteiger partial charge is 0.466 e. The Morgan fingerprint density at radius 1 is 0.533 bits per heavy atom. The van der Waals surface area contributed by atoms with E-state index in [1.807, 2.05) is 7.05 Å². The van der Waals surface area contributed by atoms with Crippen molar-refractivity contribution >= 4 is 35.3 Å². The summed E-state index contributed by atoms with van der Waals surface area (Å²) in [4.78, 5) is 27.9. The fourth-order valence-corrected chi connectivity index (χ4v) is 8.76. The van der Waals surface area contributed by atoms with Crippen LogP contribution < -0.4 is 10.6 Å². The van der Waals surface area contributed by atoms with Crippen LogP contribution in [-0.2, 0) is 19.1 Å². The highest BCUT2D eigenvalue weighted by molar-refractivity contribution is 6.99. The first-order valence-corrected chi connectivity index (χ1v) is 26.5. The third kappa shape index (κ3) is 33.7. The van der Waals surface area contributed by atoms with Crippen LogP contribution in [0.3, 0.4) is 0 Å². The molecule has 0 saturated heterocycles. The quantitative estimate of drug-likeness (QED) is 0.0489. The zero-order valence-corrected chi connectivity index (χ0v) is 40.9. The number of hydrogen-bond donors (Lipinski definition) is 2. The number of aromatic nitrogens is 2. The number of ether oxygens (including phenoxy) is 2. The molecule has 0 bridgehead atoms. The summed E-state index contributed by atoms with van der Waals surface area (Å²) in [7, 11) is 1.88. The van der Waals surface area contributed by atoms with E-state index in [2.05, 4.69) is 52.0 Å². The van der Waals surface area contributed by atoms with Crippen molar-refractivity contribution in [2.75, 3.05) is 50.5 Å². The van der Waals surface area contributed by atoms with Gasteiger partial charge in [0.1, 0.15) is 6.10 Å². The lowest BCUT2D eigenvalue weighted by Crippen LogP contribution is -2.28. The Morgan fingerprint density at radius 2 is 1.00 bits per heavy atom. The maximum Gasteiger partial charge on any atom is 0.306 e. The summed E-state index contributed by atoms with van der Waals surface area (Å²) in [6.07, 6.45) is 39.5. The van der Waals surface area contributed by atoms with Gasteiger partial charge in [-0.2, -0.15) is 8.75 Å². The number of nitrogens with one attached hydrogen (secondary N) is 2. The van der Waals surface area contributed by atoms with Crippen LogP contribution in [0.15, 0.2) is 0 Å². The summed E-state index contributed by atoms with van der Waals surface area (Å²) in [6.45, 7) is 13.8. The smallest absolute Gasteiger partial charge is 0.306 e. The molecule has 0 aliphatic carbocycles. The number of hydrogen-bond acceptors (Lipinski definition) is 10. The zero-order valence-electron chi connectivity index (χ0n) is 40.1. The molecule has 9 nitrogen and oxygen atoms in total. The molecule has 1 aromatic rings. The molecule has 0 amide bonds. The second-order valence-corrected chi connectivity index (χ2v) is 18.3. The minimum absolute atomic E-state index is 0.0130. The molecule has 0 saturated carbocycles. The number of unbranched alkanes of at least 4 members (excludes halogenated alkanes) is 20. The molecule has 0 atom stereocenters. The van der Waals surface area contributed by atoms with Crippen LogP contribution in [-0.4, -0.2) is 71.5 Å². The SMILES string of the molecule is CCCCCCCCC(CCCCCCCC)OC(=O)CCCCCCCN(CCCCCCCC(=O)OCCC(CCCC)CCCC)CCCNc1nsnc1NC. The van der Waals surface area contributed by atoms with Gasteiger partial charge in [-0.05, 0) is 89.8 Å². The van der Waals surface area contributed by atoms with Gasteiger partial charge in [0.05, 0.1) is 18.3 Å². The van der Waals surface area contributed by atoms with Gasteiger partial charge in [0.15, 0.2) is 11.6 Å². The first kappa shape index (κ1) is 56.1. The second-order valence-electron chi connectivity index (χ2n) is 17.8. The Bertz CT molecular complexity index is 1070. The number of rotatable bonds is 46. The van der Waals surface area contributed by atoms with Crippen LogP contribution in [0.25, 0.3) is 0 Å². The van der Waals surface area contributed by atoms with Crippen LogP contribution in [0.4, 0.5) is 11.6 Å². The molecule has 0 aliphatic heterocycles. The van der Waals surface area contributed by atoms with Crippen molar-refractivity contribution in [2.45, 2.75) is 252 Å². The highest BCUT2D eigenvalue weighted by Crippen LogP contribution is 2.21. The highest BCUT2D eigenvalue weighted by Gasteiger charge is 2.15. The monoisotopic (exact) mass is 864 g/mol. The van der Waals surface area contributed by atoms with Crippen LogP contribution >= 0.6 is 11.7 Å².